The Kier molecular flexibility index (Phi) is 8.68. The molecule has 0 spiro atoms. The second kappa shape index (κ2) is 8.83. The number of carboxylic acids is 1. The van der Waals surface area contributed by atoms with Crippen LogP contribution in [-0.4, -0.2) is 43.8 Å². The highest BCUT2D eigenvalue weighted by molar-refractivity contribution is 7.98. The van der Waals surface area contributed by atoms with Gasteiger partial charge in [-0.2, -0.15) is 11.8 Å². The van der Waals surface area contributed by atoms with Gasteiger partial charge in [0.2, 0.25) is 10.0 Å². The molecule has 2 N–H and O–H groups in total. The van der Waals surface area contributed by atoms with Crippen LogP contribution in [0.15, 0.2) is 0 Å². The van der Waals surface area contributed by atoms with Crippen molar-refractivity contribution in [1.82, 2.24) is 4.72 Å². The largest absolute Gasteiger partial charge is 0.481 e. The molecule has 0 rings (SSSR count). The van der Waals surface area contributed by atoms with E-state index in [0.29, 0.717) is 6.54 Å². The highest BCUT2D eigenvalue weighted by Gasteiger charge is 2.11. The summed E-state index contributed by atoms with van der Waals surface area (Å²) in [6, 6.07) is 0. The molecule has 0 atom stereocenters. The van der Waals surface area contributed by atoms with Gasteiger partial charge in [0.25, 0.3) is 0 Å². The number of carboxylic acid groups (broad SMARTS) is 1. The number of rotatable bonds is 10. The van der Waals surface area contributed by atoms with E-state index < -0.39 is 16.0 Å². The first-order valence-corrected chi connectivity index (χ1v) is 8.20. The number of unbranched alkanes of at least 4 members (excludes halogenated alkanes) is 2. The first kappa shape index (κ1) is 15.7. The maximum absolute atomic E-state index is 11.2. The van der Waals surface area contributed by atoms with Crippen LogP contribution in [-0.2, 0) is 14.8 Å². The maximum atomic E-state index is 11.2. The van der Waals surface area contributed by atoms with Crippen LogP contribution in [0.25, 0.3) is 0 Å². The van der Waals surface area contributed by atoms with E-state index in [4.69, 9.17) is 5.11 Å². The summed E-state index contributed by atoms with van der Waals surface area (Å²) in [5.41, 5.74) is 0. The molecule has 0 radical (unpaired) electrons. The van der Waals surface area contributed by atoms with Crippen LogP contribution < -0.4 is 4.72 Å². The lowest BCUT2D eigenvalue weighted by atomic mass is 10.2. The minimum atomic E-state index is -3.41. The van der Waals surface area contributed by atoms with E-state index in [9.17, 15) is 13.2 Å². The van der Waals surface area contributed by atoms with E-state index >= 15 is 0 Å². The van der Waals surface area contributed by atoms with Crippen LogP contribution in [0.2, 0.25) is 0 Å². The van der Waals surface area contributed by atoms with E-state index in [2.05, 4.69) is 4.72 Å². The Bertz CT molecular complexity index is 290. The summed E-state index contributed by atoms with van der Waals surface area (Å²) in [7, 11) is -3.41. The van der Waals surface area contributed by atoms with Crippen molar-refractivity contribution in [2.45, 2.75) is 25.7 Å². The zero-order chi connectivity index (χ0) is 12.4. The van der Waals surface area contributed by atoms with E-state index in [1.165, 1.54) is 0 Å². The molecule has 0 aliphatic carbocycles. The molecule has 0 aromatic heterocycles. The quantitative estimate of drug-likeness (QED) is 0.576. The molecular formula is C9H19NO4S2. The predicted octanol–water partition coefficient (Wildman–Crippen LogP) is 0.914. The van der Waals surface area contributed by atoms with Gasteiger partial charge in [0.15, 0.2) is 0 Å². The predicted molar refractivity (Wildman–Crippen MR) is 66.3 cm³/mol. The molecule has 96 valence electrons. The molecule has 0 amide bonds. The van der Waals surface area contributed by atoms with Gasteiger partial charge in [-0.25, -0.2) is 13.1 Å². The molecular weight excluding hydrogens is 250 g/mol. The molecule has 16 heavy (non-hydrogen) atoms. The first-order chi connectivity index (χ1) is 7.48. The fraction of sp³-hybridized carbons (Fsp3) is 0.889. The number of hydrogen-bond acceptors (Lipinski definition) is 4. The monoisotopic (exact) mass is 269 g/mol. The average Bonchev–Trinajstić information content (AvgIpc) is 2.21. The SMILES string of the molecule is CSCCCCCNS(=O)(=O)CCC(=O)O. The zero-order valence-corrected chi connectivity index (χ0v) is 11.1. The molecule has 0 saturated heterocycles. The standard InChI is InChI=1S/C9H19NO4S2/c1-15-7-4-2-3-6-10-16(13,14)8-5-9(11)12/h10H,2-8H2,1H3,(H,11,12). The first-order valence-electron chi connectivity index (χ1n) is 5.16. The van der Waals surface area contributed by atoms with Crippen molar-refractivity contribution < 1.29 is 18.3 Å². The second-order valence-corrected chi connectivity index (χ2v) is 6.32. The Hall–Kier alpha value is -0.270. The van der Waals surface area contributed by atoms with Crippen LogP contribution in [0.3, 0.4) is 0 Å². The van der Waals surface area contributed by atoms with Crippen LogP contribution in [0, 0.1) is 0 Å². The van der Waals surface area contributed by atoms with Crippen molar-refractivity contribution >= 4 is 27.8 Å². The number of aliphatic carboxylic acids is 1. The van der Waals surface area contributed by atoms with E-state index in [-0.39, 0.29) is 12.2 Å². The average molecular weight is 269 g/mol. The summed E-state index contributed by atoms with van der Waals surface area (Å²) >= 11 is 1.77. The number of hydrogen-bond donors (Lipinski definition) is 2. The smallest absolute Gasteiger partial charge is 0.304 e. The Morgan fingerprint density at radius 3 is 2.56 bits per heavy atom. The fourth-order valence-corrected chi connectivity index (χ4v) is 2.61. The lowest BCUT2D eigenvalue weighted by Crippen LogP contribution is -2.28. The van der Waals surface area contributed by atoms with Crippen LogP contribution in [0.5, 0.6) is 0 Å². The molecule has 0 aliphatic heterocycles. The molecule has 0 aromatic carbocycles. The summed E-state index contributed by atoms with van der Waals surface area (Å²) in [6.45, 7) is 0.399. The lowest BCUT2D eigenvalue weighted by Gasteiger charge is -2.04. The highest BCUT2D eigenvalue weighted by Crippen LogP contribution is 2.01. The summed E-state index contributed by atoms with van der Waals surface area (Å²) in [6.07, 6.45) is 4.56. The van der Waals surface area contributed by atoms with Gasteiger partial charge in [0, 0.05) is 6.54 Å². The minimum absolute atomic E-state index is 0.340. The molecule has 7 heteroatoms. The van der Waals surface area contributed by atoms with Crippen molar-refractivity contribution in [3.8, 4) is 0 Å². The molecule has 0 fully saturated rings. The third-order valence-electron chi connectivity index (χ3n) is 1.93. The number of thioether (sulfide) groups is 1. The van der Waals surface area contributed by atoms with Crippen LogP contribution in [0.4, 0.5) is 0 Å². The zero-order valence-electron chi connectivity index (χ0n) is 9.44. The van der Waals surface area contributed by atoms with Crippen molar-refractivity contribution in [1.29, 1.82) is 0 Å². The topological polar surface area (TPSA) is 83.5 Å². The van der Waals surface area contributed by atoms with Gasteiger partial charge in [-0.1, -0.05) is 6.42 Å². The molecule has 0 bridgehead atoms. The van der Waals surface area contributed by atoms with E-state index in [0.717, 1.165) is 25.0 Å². The molecule has 0 saturated carbocycles. The lowest BCUT2D eigenvalue weighted by molar-refractivity contribution is -0.136. The maximum Gasteiger partial charge on any atom is 0.304 e. The van der Waals surface area contributed by atoms with Gasteiger partial charge >= 0.3 is 5.97 Å². The van der Waals surface area contributed by atoms with Gasteiger partial charge in [-0.3, -0.25) is 4.79 Å². The molecule has 0 aromatic rings. The highest BCUT2D eigenvalue weighted by atomic mass is 32.2. The molecule has 0 aliphatic rings. The summed E-state index contributed by atoms with van der Waals surface area (Å²) in [4.78, 5) is 10.2. The molecule has 5 nitrogen and oxygen atoms in total. The Morgan fingerprint density at radius 1 is 1.31 bits per heavy atom. The van der Waals surface area contributed by atoms with Crippen molar-refractivity contribution in [3.63, 3.8) is 0 Å². The Balaban J connectivity index is 3.55. The van der Waals surface area contributed by atoms with Crippen molar-refractivity contribution in [3.05, 3.63) is 0 Å². The third kappa shape index (κ3) is 10.3. The van der Waals surface area contributed by atoms with E-state index in [1.807, 2.05) is 6.26 Å². The number of nitrogens with one attached hydrogen (secondary N) is 1. The van der Waals surface area contributed by atoms with Gasteiger partial charge in [0.05, 0.1) is 12.2 Å². The summed E-state index contributed by atoms with van der Waals surface area (Å²) < 4.78 is 24.9. The summed E-state index contributed by atoms with van der Waals surface area (Å²) in [5.74, 6) is -0.343. The van der Waals surface area contributed by atoms with Crippen LogP contribution >= 0.6 is 11.8 Å². The Morgan fingerprint density at radius 2 is 2.00 bits per heavy atom. The van der Waals surface area contributed by atoms with Crippen molar-refractivity contribution in [2.24, 2.45) is 0 Å². The van der Waals surface area contributed by atoms with Gasteiger partial charge < -0.3 is 5.11 Å². The van der Waals surface area contributed by atoms with Gasteiger partial charge in [0.1, 0.15) is 0 Å². The molecule has 0 heterocycles. The third-order valence-corrected chi connectivity index (χ3v) is 4.01. The number of carbonyl (C=O) groups is 1. The molecule has 0 unspecified atom stereocenters. The van der Waals surface area contributed by atoms with E-state index in [1.54, 1.807) is 11.8 Å². The van der Waals surface area contributed by atoms with Crippen molar-refractivity contribution in [2.75, 3.05) is 24.3 Å². The van der Waals surface area contributed by atoms with Crippen LogP contribution in [0.1, 0.15) is 25.7 Å². The minimum Gasteiger partial charge on any atom is -0.481 e. The normalized spacial score (nSPS) is 11.6. The summed E-state index contributed by atoms with van der Waals surface area (Å²) in [5, 5.41) is 8.35. The fourth-order valence-electron chi connectivity index (χ4n) is 1.07. The second-order valence-electron chi connectivity index (χ2n) is 3.41. The Labute approximate surface area is 101 Å². The van der Waals surface area contributed by atoms with Gasteiger partial charge in [-0.15, -0.1) is 0 Å². The number of sulfonamides is 1. The van der Waals surface area contributed by atoms with Gasteiger partial charge in [-0.05, 0) is 24.9 Å².